The molecule has 21 heavy (non-hydrogen) atoms. The van der Waals surface area contributed by atoms with Gasteiger partial charge in [-0.2, -0.15) is 4.31 Å². The van der Waals surface area contributed by atoms with Gasteiger partial charge in [-0.05, 0) is 17.0 Å². The second kappa shape index (κ2) is 6.34. The van der Waals surface area contributed by atoms with Crippen LogP contribution in [0.2, 0.25) is 0 Å². The Kier molecular flexibility index (Phi) is 5.41. The number of benzene rings is 1. The van der Waals surface area contributed by atoms with Gasteiger partial charge in [0.2, 0.25) is 10.0 Å². The van der Waals surface area contributed by atoms with E-state index in [0.29, 0.717) is 18.7 Å². The molecule has 0 saturated heterocycles. The van der Waals surface area contributed by atoms with Crippen LogP contribution in [-0.4, -0.2) is 30.9 Å². The highest BCUT2D eigenvalue weighted by Crippen LogP contribution is 2.34. The van der Waals surface area contributed by atoms with E-state index in [-0.39, 0.29) is 22.6 Å². The minimum atomic E-state index is -3.72. The predicted molar refractivity (Wildman–Crippen MR) is 84.8 cm³/mol. The fourth-order valence-corrected chi connectivity index (χ4v) is 3.76. The topological polar surface area (TPSA) is 83.6 Å². The summed E-state index contributed by atoms with van der Waals surface area (Å²) in [5.74, 6) is -0.239. The van der Waals surface area contributed by atoms with Crippen molar-refractivity contribution in [3.8, 4) is 5.75 Å². The fourth-order valence-electron chi connectivity index (χ4n) is 2.15. The van der Waals surface area contributed by atoms with Gasteiger partial charge in [-0.1, -0.05) is 40.7 Å². The Labute approximate surface area is 127 Å². The number of nitrogens with two attached hydrogens (primary N) is 1. The first-order chi connectivity index (χ1) is 9.59. The molecule has 0 radical (unpaired) electrons. The molecule has 0 aromatic heterocycles. The van der Waals surface area contributed by atoms with E-state index in [4.69, 9.17) is 5.73 Å². The molecule has 0 bridgehead atoms. The van der Waals surface area contributed by atoms with Gasteiger partial charge < -0.3 is 10.8 Å². The van der Waals surface area contributed by atoms with Crippen LogP contribution >= 0.6 is 0 Å². The van der Waals surface area contributed by atoms with Crippen LogP contribution < -0.4 is 5.73 Å². The van der Waals surface area contributed by atoms with E-state index in [1.165, 1.54) is 4.31 Å². The second-order valence-corrected chi connectivity index (χ2v) is 7.93. The van der Waals surface area contributed by atoms with Crippen molar-refractivity contribution in [2.75, 3.05) is 13.1 Å². The van der Waals surface area contributed by atoms with Gasteiger partial charge in [0.25, 0.3) is 0 Å². The summed E-state index contributed by atoms with van der Waals surface area (Å²) in [6, 6.07) is 3.33. The van der Waals surface area contributed by atoms with Crippen molar-refractivity contribution < 1.29 is 13.5 Å². The summed E-state index contributed by atoms with van der Waals surface area (Å²) in [5.41, 5.74) is 6.71. The highest BCUT2D eigenvalue weighted by molar-refractivity contribution is 7.89. The van der Waals surface area contributed by atoms with Crippen molar-refractivity contribution in [2.24, 2.45) is 5.73 Å². The van der Waals surface area contributed by atoms with Crippen molar-refractivity contribution in [1.29, 1.82) is 0 Å². The Morgan fingerprint density at radius 3 is 2.10 bits per heavy atom. The number of phenols is 1. The maximum atomic E-state index is 12.7. The molecule has 5 nitrogen and oxygen atoms in total. The van der Waals surface area contributed by atoms with Crippen molar-refractivity contribution >= 4 is 10.0 Å². The maximum absolute atomic E-state index is 12.7. The van der Waals surface area contributed by atoms with Gasteiger partial charge in [-0.25, -0.2) is 8.42 Å². The normalized spacial score (nSPS) is 12.9. The zero-order valence-corrected chi connectivity index (χ0v) is 14.3. The number of nitrogens with zero attached hydrogens (tertiary/aromatic N) is 1. The molecule has 0 aliphatic heterocycles. The van der Waals surface area contributed by atoms with Crippen LogP contribution in [0.1, 0.15) is 45.7 Å². The molecular weight excluding hydrogens is 288 g/mol. The zero-order chi connectivity index (χ0) is 16.4. The Balaban J connectivity index is 3.62. The summed E-state index contributed by atoms with van der Waals surface area (Å²) in [5, 5.41) is 10.3. The number of phenolic OH excluding ortho intramolecular Hbond substituents is 1. The molecule has 0 amide bonds. The van der Waals surface area contributed by atoms with E-state index in [1.54, 1.807) is 26.0 Å². The van der Waals surface area contributed by atoms with Crippen LogP contribution in [0.4, 0.5) is 0 Å². The molecule has 1 aromatic carbocycles. The Morgan fingerprint density at radius 1 is 1.19 bits per heavy atom. The zero-order valence-electron chi connectivity index (χ0n) is 13.5. The quantitative estimate of drug-likeness (QED) is 0.872. The summed E-state index contributed by atoms with van der Waals surface area (Å²) in [6.45, 7) is 10.3. The standard InChI is InChI=1S/C15H26N2O3S/c1-6-17(7-2)21(19,20)13-9-12(15(3,4)5)8-11(10-16)14(13)18/h8-9,18H,6-7,10,16H2,1-5H3. The van der Waals surface area contributed by atoms with Gasteiger partial charge in [0.15, 0.2) is 0 Å². The highest BCUT2D eigenvalue weighted by atomic mass is 32.2. The van der Waals surface area contributed by atoms with E-state index in [0.717, 1.165) is 5.56 Å². The molecule has 0 atom stereocenters. The summed E-state index contributed by atoms with van der Waals surface area (Å²) in [4.78, 5) is -0.0564. The molecule has 1 rings (SSSR count). The molecular formula is C15H26N2O3S. The molecule has 0 heterocycles. The molecule has 0 saturated carbocycles. The summed E-state index contributed by atoms with van der Waals surface area (Å²) >= 11 is 0. The van der Waals surface area contributed by atoms with E-state index in [2.05, 4.69) is 0 Å². The van der Waals surface area contributed by atoms with E-state index < -0.39 is 10.0 Å². The average molecular weight is 314 g/mol. The highest BCUT2D eigenvalue weighted by Gasteiger charge is 2.28. The lowest BCUT2D eigenvalue weighted by Crippen LogP contribution is -2.31. The van der Waals surface area contributed by atoms with Crippen LogP contribution in [0.5, 0.6) is 5.75 Å². The Bertz CT molecular complexity index is 600. The monoisotopic (exact) mass is 314 g/mol. The molecule has 0 unspecified atom stereocenters. The molecule has 0 spiro atoms. The van der Waals surface area contributed by atoms with E-state index >= 15 is 0 Å². The molecule has 0 aliphatic carbocycles. The van der Waals surface area contributed by atoms with Crippen LogP contribution in [0.15, 0.2) is 17.0 Å². The third kappa shape index (κ3) is 3.56. The van der Waals surface area contributed by atoms with Crippen LogP contribution in [0.3, 0.4) is 0 Å². The largest absolute Gasteiger partial charge is 0.506 e. The molecule has 1 aromatic rings. The lowest BCUT2D eigenvalue weighted by Gasteiger charge is -2.24. The molecule has 3 N–H and O–H groups in total. The maximum Gasteiger partial charge on any atom is 0.246 e. The van der Waals surface area contributed by atoms with Gasteiger partial charge in [0.05, 0.1) is 0 Å². The fraction of sp³-hybridized carbons (Fsp3) is 0.600. The summed E-state index contributed by atoms with van der Waals surface area (Å²) in [6.07, 6.45) is 0. The lowest BCUT2D eigenvalue weighted by atomic mass is 9.86. The van der Waals surface area contributed by atoms with Gasteiger partial charge in [-0.3, -0.25) is 0 Å². The number of hydrogen-bond donors (Lipinski definition) is 2. The van der Waals surface area contributed by atoms with Gasteiger partial charge in [-0.15, -0.1) is 0 Å². The van der Waals surface area contributed by atoms with E-state index in [1.807, 2.05) is 20.8 Å². The molecule has 120 valence electrons. The minimum absolute atomic E-state index is 0.0564. The van der Waals surface area contributed by atoms with E-state index in [9.17, 15) is 13.5 Å². The number of rotatable bonds is 5. The van der Waals surface area contributed by atoms with Crippen LogP contribution in [-0.2, 0) is 22.0 Å². The average Bonchev–Trinajstić information content (AvgIpc) is 2.38. The predicted octanol–water partition coefficient (Wildman–Crippen LogP) is 2.18. The first kappa shape index (κ1) is 17.9. The second-order valence-electron chi connectivity index (χ2n) is 6.03. The van der Waals surface area contributed by atoms with Crippen LogP contribution in [0.25, 0.3) is 0 Å². The summed E-state index contributed by atoms with van der Waals surface area (Å²) < 4.78 is 26.7. The third-order valence-electron chi connectivity index (χ3n) is 3.56. The first-order valence-corrected chi connectivity index (χ1v) is 8.60. The smallest absolute Gasteiger partial charge is 0.246 e. The van der Waals surface area contributed by atoms with Crippen molar-refractivity contribution in [1.82, 2.24) is 4.31 Å². The van der Waals surface area contributed by atoms with Gasteiger partial charge >= 0.3 is 0 Å². The van der Waals surface area contributed by atoms with Crippen molar-refractivity contribution in [3.63, 3.8) is 0 Å². The Hall–Kier alpha value is -1.11. The van der Waals surface area contributed by atoms with Crippen molar-refractivity contribution in [2.45, 2.75) is 51.5 Å². The number of hydrogen-bond acceptors (Lipinski definition) is 4. The van der Waals surface area contributed by atoms with Gasteiger partial charge in [0, 0.05) is 25.2 Å². The van der Waals surface area contributed by atoms with Crippen LogP contribution in [0, 0.1) is 0 Å². The molecule has 0 fully saturated rings. The first-order valence-electron chi connectivity index (χ1n) is 7.16. The number of aromatic hydroxyl groups is 1. The SMILES string of the molecule is CCN(CC)S(=O)(=O)c1cc(C(C)(C)C)cc(CN)c1O. The minimum Gasteiger partial charge on any atom is -0.506 e. The molecule has 6 heteroatoms. The third-order valence-corrected chi connectivity index (χ3v) is 5.63. The molecule has 0 aliphatic rings. The lowest BCUT2D eigenvalue weighted by molar-refractivity contribution is 0.424. The summed E-state index contributed by atoms with van der Waals surface area (Å²) in [7, 11) is -3.72. The van der Waals surface area contributed by atoms with Crippen molar-refractivity contribution in [3.05, 3.63) is 23.3 Å². The Morgan fingerprint density at radius 2 is 1.71 bits per heavy atom. The van der Waals surface area contributed by atoms with Gasteiger partial charge in [0.1, 0.15) is 10.6 Å². The number of sulfonamides is 1.